The monoisotopic (exact) mass is 327 g/mol. The van der Waals surface area contributed by atoms with Crippen LogP contribution in [0.5, 0.6) is 5.75 Å². The maximum atomic E-state index is 5.41. The molecule has 1 aromatic carbocycles. The van der Waals surface area contributed by atoms with Crippen molar-refractivity contribution in [3.05, 3.63) is 47.1 Å². The van der Waals surface area contributed by atoms with Gasteiger partial charge in [-0.15, -0.1) is 11.3 Å². The normalized spacial score (nSPS) is 10.9. The Balaban J connectivity index is 1.85. The molecule has 0 unspecified atom stereocenters. The van der Waals surface area contributed by atoms with Crippen molar-refractivity contribution in [2.24, 2.45) is 0 Å². The summed E-state index contributed by atoms with van der Waals surface area (Å²) in [5.74, 6) is 2.72. The van der Waals surface area contributed by atoms with Gasteiger partial charge in [-0.05, 0) is 23.9 Å². The molecule has 3 rings (SSSR count). The molecule has 1 N–H and O–H groups in total. The van der Waals surface area contributed by atoms with Crippen molar-refractivity contribution in [1.29, 1.82) is 0 Å². The van der Waals surface area contributed by atoms with Crippen LogP contribution in [0, 0.1) is 0 Å². The Morgan fingerprint density at radius 1 is 1.17 bits per heavy atom. The number of fused-ring (bicyclic) bond motifs is 1. The Morgan fingerprint density at radius 2 is 2.04 bits per heavy atom. The van der Waals surface area contributed by atoms with Crippen molar-refractivity contribution in [2.45, 2.75) is 32.7 Å². The number of aromatic nitrogens is 2. The van der Waals surface area contributed by atoms with Gasteiger partial charge in [0, 0.05) is 18.5 Å². The third-order valence-corrected chi connectivity index (χ3v) is 4.57. The summed E-state index contributed by atoms with van der Waals surface area (Å²) >= 11 is 1.66. The number of benzene rings is 1. The lowest BCUT2D eigenvalue weighted by Gasteiger charge is -2.11. The maximum Gasteiger partial charge on any atom is 0.138 e. The van der Waals surface area contributed by atoms with Crippen LogP contribution in [0.25, 0.3) is 10.2 Å². The maximum absolute atomic E-state index is 5.41. The highest BCUT2D eigenvalue weighted by molar-refractivity contribution is 7.16. The second-order valence-corrected chi connectivity index (χ2v) is 6.29. The van der Waals surface area contributed by atoms with Crippen molar-refractivity contribution in [2.75, 3.05) is 12.4 Å². The Kier molecular flexibility index (Phi) is 5.08. The number of anilines is 1. The van der Waals surface area contributed by atoms with Gasteiger partial charge in [0.05, 0.1) is 12.5 Å². The molecule has 5 heteroatoms. The predicted octanol–water partition coefficient (Wildman–Crippen LogP) is 4.65. The molecule has 23 heavy (non-hydrogen) atoms. The third kappa shape index (κ3) is 3.62. The number of thiophene rings is 1. The van der Waals surface area contributed by atoms with Crippen LogP contribution in [-0.4, -0.2) is 17.1 Å². The van der Waals surface area contributed by atoms with Crippen molar-refractivity contribution >= 4 is 27.4 Å². The molecule has 0 aliphatic heterocycles. The summed E-state index contributed by atoms with van der Waals surface area (Å²) in [5.41, 5.74) is 1.12. The summed E-state index contributed by atoms with van der Waals surface area (Å²) in [7, 11) is 1.70. The Labute approximate surface area is 140 Å². The van der Waals surface area contributed by atoms with Gasteiger partial charge in [0.25, 0.3) is 0 Å². The second-order valence-electron chi connectivity index (χ2n) is 5.40. The van der Waals surface area contributed by atoms with E-state index in [4.69, 9.17) is 9.72 Å². The van der Waals surface area contributed by atoms with Crippen molar-refractivity contribution in [1.82, 2.24) is 9.97 Å². The predicted molar refractivity (Wildman–Crippen MR) is 96.3 cm³/mol. The molecule has 0 saturated heterocycles. The molecule has 2 aromatic heterocycles. The van der Waals surface area contributed by atoms with Crippen LogP contribution in [-0.2, 0) is 13.0 Å². The zero-order valence-electron chi connectivity index (χ0n) is 13.5. The number of ether oxygens (including phenoxy) is 1. The average Bonchev–Trinajstić information content (AvgIpc) is 3.06. The molecule has 120 valence electrons. The Hall–Kier alpha value is -2.14. The van der Waals surface area contributed by atoms with E-state index in [1.165, 1.54) is 0 Å². The molecule has 0 aliphatic rings. The van der Waals surface area contributed by atoms with Gasteiger partial charge in [0.2, 0.25) is 0 Å². The number of hydrogen-bond acceptors (Lipinski definition) is 5. The van der Waals surface area contributed by atoms with E-state index >= 15 is 0 Å². The van der Waals surface area contributed by atoms with Crippen LogP contribution >= 0.6 is 11.3 Å². The van der Waals surface area contributed by atoms with Gasteiger partial charge in [0.1, 0.15) is 22.2 Å². The highest BCUT2D eigenvalue weighted by atomic mass is 32.1. The lowest BCUT2D eigenvalue weighted by molar-refractivity contribution is 0.410. The lowest BCUT2D eigenvalue weighted by atomic mass is 10.2. The summed E-state index contributed by atoms with van der Waals surface area (Å²) in [6, 6.07) is 10.1. The Morgan fingerprint density at radius 3 is 2.87 bits per heavy atom. The van der Waals surface area contributed by atoms with Gasteiger partial charge in [-0.3, -0.25) is 0 Å². The minimum atomic E-state index is 0.680. The first-order chi connectivity index (χ1) is 11.3. The van der Waals surface area contributed by atoms with Crippen LogP contribution in [0.3, 0.4) is 0 Å². The fourth-order valence-corrected chi connectivity index (χ4v) is 3.29. The van der Waals surface area contributed by atoms with Crippen molar-refractivity contribution in [3.8, 4) is 5.75 Å². The molecule has 0 fully saturated rings. The minimum absolute atomic E-state index is 0.680. The average molecular weight is 327 g/mol. The largest absolute Gasteiger partial charge is 0.496 e. The quantitative estimate of drug-likeness (QED) is 0.686. The van der Waals surface area contributed by atoms with E-state index < -0.39 is 0 Å². The van der Waals surface area contributed by atoms with Crippen LogP contribution in [0.1, 0.15) is 31.2 Å². The molecule has 0 amide bonds. The molecular weight excluding hydrogens is 306 g/mol. The first-order valence-corrected chi connectivity index (χ1v) is 8.79. The van der Waals surface area contributed by atoms with Crippen LogP contribution in [0.15, 0.2) is 35.7 Å². The molecule has 3 aromatic rings. The summed E-state index contributed by atoms with van der Waals surface area (Å²) in [4.78, 5) is 10.4. The molecule has 0 aliphatic carbocycles. The summed E-state index contributed by atoms with van der Waals surface area (Å²) in [6.45, 7) is 2.86. The Bertz CT molecular complexity index is 785. The van der Waals surface area contributed by atoms with Crippen molar-refractivity contribution in [3.63, 3.8) is 0 Å². The number of unbranched alkanes of at least 4 members (excludes halogenated alkanes) is 1. The van der Waals surface area contributed by atoms with E-state index in [-0.39, 0.29) is 0 Å². The first-order valence-electron chi connectivity index (χ1n) is 7.91. The van der Waals surface area contributed by atoms with Gasteiger partial charge >= 0.3 is 0 Å². The van der Waals surface area contributed by atoms with Gasteiger partial charge in [0.15, 0.2) is 0 Å². The van der Waals surface area contributed by atoms with E-state index in [1.807, 2.05) is 18.2 Å². The highest BCUT2D eigenvalue weighted by Crippen LogP contribution is 2.27. The number of hydrogen-bond donors (Lipinski definition) is 1. The number of nitrogens with one attached hydrogen (secondary N) is 1. The highest BCUT2D eigenvalue weighted by Gasteiger charge is 2.10. The van der Waals surface area contributed by atoms with Gasteiger partial charge in [-0.2, -0.15) is 0 Å². The number of rotatable bonds is 7. The number of nitrogens with zero attached hydrogens (tertiary/aromatic N) is 2. The molecule has 0 bridgehead atoms. The van der Waals surface area contributed by atoms with Crippen LogP contribution in [0.2, 0.25) is 0 Å². The van der Waals surface area contributed by atoms with Gasteiger partial charge in [-0.25, -0.2) is 9.97 Å². The lowest BCUT2D eigenvalue weighted by Crippen LogP contribution is -2.06. The van der Waals surface area contributed by atoms with E-state index in [9.17, 15) is 0 Å². The summed E-state index contributed by atoms with van der Waals surface area (Å²) in [5, 5.41) is 6.61. The zero-order valence-corrected chi connectivity index (χ0v) is 14.3. The number of para-hydroxylation sites is 1. The van der Waals surface area contributed by atoms with Gasteiger partial charge < -0.3 is 10.1 Å². The fraction of sp³-hybridized carbons (Fsp3) is 0.333. The number of methoxy groups -OCH3 is 1. The van der Waals surface area contributed by atoms with Crippen LogP contribution in [0.4, 0.5) is 5.82 Å². The summed E-state index contributed by atoms with van der Waals surface area (Å²) < 4.78 is 5.41. The van der Waals surface area contributed by atoms with E-state index in [2.05, 4.69) is 34.7 Å². The zero-order chi connectivity index (χ0) is 16.1. The first kappa shape index (κ1) is 15.7. The van der Waals surface area contributed by atoms with Gasteiger partial charge in [-0.1, -0.05) is 31.5 Å². The van der Waals surface area contributed by atoms with E-state index in [0.717, 1.165) is 52.4 Å². The van der Waals surface area contributed by atoms with E-state index in [1.54, 1.807) is 18.4 Å². The smallest absolute Gasteiger partial charge is 0.138 e. The molecular formula is C18H21N3OS. The second kappa shape index (κ2) is 7.42. The summed E-state index contributed by atoms with van der Waals surface area (Å²) in [6.07, 6.45) is 3.19. The molecule has 0 radical (unpaired) electrons. The van der Waals surface area contributed by atoms with Crippen LogP contribution < -0.4 is 10.1 Å². The molecule has 0 saturated carbocycles. The topological polar surface area (TPSA) is 47.0 Å². The SMILES string of the molecule is CCCCc1nc(NCc2ccccc2OC)c2ccsc2n1. The minimum Gasteiger partial charge on any atom is -0.496 e. The third-order valence-electron chi connectivity index (χ3n) is 3.76. The number of aryl methyl sites for hydroxylation is 1. The molecule has 2 heterocycles. The molecule has 0 spiro atoms. The standard InChI is InChI=1S/C18H21N3OS/c1-3-4-9-16-20-17(14-10-11-23-18(14)21-16)19-12-13-7-5-6-8-15(13)22-2/h5-8,10-11H,3-4,9,12H2,1-2H3,(H,19,20,21). The fourth-order valence-electron chi connectivity index (χ4n) is 2.51. The van der Waals surface area contributed by atoms with Crippen molar-refractivity contribution < 1.29 is 4.74 Å². The molecule has 4 nitrogen and oxygen atoms in total. The van der Waals surface area contributed by atoms with E-state index in [0.29, 0.717) is 6.54 Å². The molecule has 0 atom stereocenters.